The number of benzene rings is 2. The summed E-state index contributed by atoms with van der Waals surface area (Å²) in [5.74, 6) is -0.161. The Morgan fingerprint density at radius 1 is 1.25 bits per heavy atom. The van der Waals surface area contributed by atoms with Gasteiger partial charge in [0.2, 0.25) is 0 Å². The van der Waals surface area contributed by atoms with Gasteiger partial charge in [-0.15, -0.1) is 0 Å². The first-order valence-corrected chi connectivity index (χ1v) is 7.26. The molecule has 2 aromatic rings. The molecule has 3 N–H and O–H groups in total. The van der Waals surface area contributed by atoms with Crippen LogP contribution in [0.5, 0.6) is 0 Å². The minimum absolute atomic E-state index is 0.107. The lowest BCUT2D eigenvalue weighted by atomic mass is 10.1. The van der Waals surface area contributed by atoms with Gasteiger partial charge in [0.05, 0.1) is 6.04 Å². The topological polar surface area (TPSA) is 55.1 Å². The lowest BCUT2D eigenvalue weighted by molar-refractivity contribution is 0.0940. The van der Waals surface area contributed by atoms with Gasteiger partial charge in [-0.25, -0.2) is 0 Å². The first kappa shape index (κ1) is 14.9. The van der Waals surface area contributed by atoms with Crippen molar-refractivity contribution in [2.24, 2.45) is 0 Å². The van der Waals surface area contributed by atoms with E-state index < -0.39 is 0 Å². The second-order valence-corrected chi connectivity index (χ2v) is 5.77. The molecule has 0 aliphatic heterocycles. The van der Waals surface area contributed by atoms with Crippen LogP contribution < -0.4 is 11.1 Å². The van der Waals surface area contributed by atoms with E-state index in [0.29, 0.717) is 16.3 Å². The zero-order chi connectivity index (χ0) is 14.7. The number of amides is 1. The Labute approximate surface area is 131 Å². The Bertz CT molecular complexity index is 628. The van der Waals surface area contributed by atoms with Crippen LogP contribution in [0.4, 0.5) is 5.69 Å². The third-order valence-corrected chi connectivity index (χ3v) is 3.95. The molecular formula is C15H14BrClN2O. The number of hydrogen-bond donors (Lipinski definition) is 2. The van der Waals surface area contributed by atoms with Gasteiger partial charge in [0.25, 0.3) is 5.91 Å². The molecule has 104 valence electrons. The number of carbonyl (C=O) groups is 1. The van der Waals surface area contributed by atoms with Crippen LogP contribution in [0.1, 0.15) is 28.9 Å². The lowest BCUT2D eigenvalue weighted by Gasteiger charge is -2.15. The van der Waals surface area contributed by atoms with Gasteiger partial charge in [0, 0.05) is 20.7 Å². The Hall–Kier alpha value is -1.52. The minimum Gasteiger partial charge on any atom is -0.398 e. The highest BCUT2D eigenvalue weighted by Crippen LogP contribution is 2.21. The van der Waals surface area contributed by atoms with Crippen LogP contribution in [0.3, 0.4) is 0 Å². The van der Waals surface area contributed by atoms with Crippen molar-refractivity contribution in [1.82, 2.24) is 5.32 Å². The van der Waals surface area contributed by atoms with Crippen molar-refractivity contribution >= 4 is 39.1 Å². The summed E-state index contributed by atoms with van der Waals surface area (Å²) in [5.41, 5.74) is 7.84. The van der Waals surface area contributed by atoms with Gasteiger partial charge in [0.1, 0.15) is 0 Å². The minimum atomic E-state index is -0.161. The van der Waals surface area contributed by atoms with Crippen molar-refractivity contribution in [3.05, 3.63) is 63.1 Å². The van der Waals surface area contributed by atoms with Crippen LogP contribution in [0.2, 0.25) is 5.02 Å². The fourth-order valence-electron chi connectivity index (χ4n) is 1.80. The maximum Gasteiger partial charge on any atom is 0.251 e. The normalized spacial score (nSPS) is 11.9. The molecule has 20 heavy (non-hydrogen) atoms. The molecular weight excluding hydrogens is 340 g/mol. The van der Waals surface area contributed by atoms with E-state index in [1.54, 1.807) is 30.3 Å². The number of halogens is 2. The summed E-state index contributed by atoms with van der Waals surface area (Å²) in [6, 6.07) is 12.4. The van der Waals surface area contributed by atoms with E-state index in [1.165, 1.54) is 0 Å². The van der Waals surface area contributed by atoms with Gasteiger partial charge >= 0.3 is 0 Å². The summed E-state index contributed by atoms with van der Waals surface area (Å²) in [4.78, 5) is 12.2. The second-order valence-electron chi connectivity index (χ2n) is 4.48. The number of nitrogen functional groups attached to an aromatic ring is 1. The van der Waals surface area contributed by atoms with E-state index in [2.05, 4.69) is 21.2 Å². The molecule has 1 atom stereocenters. The molecule has 0 spiro atoms. The average molecular weight is 354 g/mol. The number of nitrogens with two attached hydrogens (primary N) is 1. The van der Waals surface area contributed by atoms with E-state index in [1.807, 2.05) is 19.1 Å². The molecule has 0 bridgehead atoms. The molecule has 0 fully saturated rings. The van der Waals surface area contributed by atoms with Crippen LogP contribution in [-0.2, 0) is 0 Å². The van der Waals surface area contributed by atoms with Gasteiger partial charge < -0.3 is 11.1 Å². The number of carbonyl (C=O) groups excluding carboxylic acids is 1. The quantitative estimate of drug-likeness (QED) is 0.813. The number of anilines is 1. The van der Waals surface area contributed by atoms with Crippen LogP contribution >= 0.6 is 27.5 Å². The van der Waals surface area contributed by atoms with E-state index >= 15 is 0 Å². The van der Waals surface area contributed by atoms with Gasteiger partial charge in [-0.3, -0.25) is 4.79 Å². The van der Waals surface area contributed by atoms with Crippen LogP contribution in [0.15, 0.2) is 46.9 Å². The predicted octanol–water partition coefficient (Wildman–Crippen LogP) is 4.18. The zero-order valence-corrected chi connectivity index (χ0v) is 13.2. The number of rotatable bonds is 3. The lowest BCUT2D eigenvalue weighted by Crippen LogP contribution is -2.26. The summed E-state index contributed by atoms with van der Waals surface area (Å²) < 4.78 is 0.778. The Morgan fingerprint density at radius 2 is 1.90 bits per heavy atom. The third-order valence-electron chi connectivity index (χ3n) is 2.98. The maximum absolute atomic E-state index is 12.2. The maximum atomic E-state index is 12.2. The van der Waals surface area contributed by atoms with Gasteiger partial charge in [-0.2, -0.15) is 0 Å². The Kier molecular flexibility index (Phi) is 4.68. The van der Waals surface area contributed by atoms with Crippen LogP contribution in [-0.4, -0.2) is 5.91 Å². The van der Waals surface area contributed by atoms with E-state index in [0.717, 1.165) is 10.0 Å². The van der Waals surface area contributed by atoms with E-state index in [4.69, 9.17) is 17.3 Å². The highest BCUT2D eigenvalue weighted by molar-refractivity contribution is 9.10. The molecule has 0 aliphatic carbocycles. The molecule has 2 aromatic carbocycles. The summed E-state index contributed by atoms with van der Waals surface area (Å²) >= 11 is 9.15. The van der Waals surface area contributed by atoms with E-state index in [-0.39, 0.29) is 11.9 Å². The van der Waals surface area contributed by atoms with Crippen LogP contribution in [0, 0.1) is 0 Å². The predicted molar refractivity (Wildman–Crippen MR) is 85.9 cm³/mol. The second kappa shape index (κ2) is 6.29. The monoisotopic (exact) mass is 352 g/mol. The van der Waals surface area contributed by atoms with Crippen molar-refractivity contribution in [3.63, 3.8) is 0 Å². The first-order valence-electron chi connectivity index (χ1n) is 6.08. The van der Waals surface area contributed by atoms with Gasteiger partial charge in [0.15, 0.2) is 0 Å². The summed E-state index contributed by atoms with van der Waals surface area (Å²) in [7, 11) is 0. The summed E-state index contributed by atoms with van der Waals surface area (Å²) in [6.07, 6.45) is 0. The fraction of sp³-hybridized carbons (Fsp3) is 0.133. The van der Waals surface area contributed by atoms with Crippen molar-refractivity contribution < 1.29 is 4.79 Å². The molecule has 1 amide bonds. The summed E-state index contributed by atoms with van der Waals surface area (Å²) in [6.45, 7) is 1.92. The smallest absolute Gasteiger partial charge is 0.251 e. The largest absolute Gasteiger partial charge is 0.398 e. The van der Waals surface area contributed by atoms with Crippen molar-refractivity contribution in [3.8, 4) is 0 Å². The van der Waals surface area contributed by atoms with Gasteiger partial charge in [-0.1, -0.05) is 23.7 Å². The SMILES string of the molecule is CC(NC(=O)c1ccc(Br)c(N)c1)c1ccc(Cl)cc1. The molecule has 0 saturated carbocycles. The molecule has 1 unspecified atom stereocenters. The third kappa shape index (κ3) is 3.52. The molecule has 2 rings (SSSR count). The summed E-state index contributed by atoms with van der Waals surface area (Å²) in [5, 5.41) is 3.60. The molecule has 5 heteroatoms. The van der Waals surface area contributed by atoms with Crippen molar-refractivity contribution in [1.29, 1.82) is 0 Å². The molecule has 0 aliphatic rings. The zero-order valence-electron chi connectivity index (χ0n) is 10.9. The molecule has 0 aromatic heterocycles. The Balaban J connectivity index is 2.10. The highest BCUT2D eigenvalue weighted by Gasteiger charge is 2.12. The molecule has 0 heterocycles. The molecule has 3 nitrogen and oxygen atoms in total. The highest BCUT2D eigenvalue weighted by atomic mass is 79.9. The fourth-order valence-corrected chi connectivity index (χ4v) is 2.17. The standard InChI is InChI=1S/C15H14BrClN2O/c1-9(10-2-5-12(17)6-3-10)19-15(20)11-4-7-13(16)14(18)8-11/h2-9H,18H2,1H3,(H,19,20). The van der Waals surface area contributed by atoms with Crippen LogP contribution in [0.25, 0.3) is 0 Å². The molecule has 0 radical (unpaired) electrons. The van der Waals surface area contributed by atoms with Crippen molar-refractivity contribution in [2.45, 2.75) is 13.0 Å². The van der Waals surface area contributed by atoms with Crippen molar-refractivity contribution in [2.75, 3.05) is 5.73 Å². The van der Waals surface area contributed by atoms with E-state index in [9.17, 15) is 4.79 Å². The first-order chi connectivity index (χ1) is 9.47. The molecule has 0 saturated heterocycles. The Morgan fingerprint density at radius 3 is 2.50 bits per heavy atom. The number of hydrogen-bond acceptors (Lipinski definition) is 2. The van der Waals surface area contributed by atoms with Gasteiger partial charge in [-0.05, 0) is 58.7 Å². The average Bonchev–Trinajstić information content (AvgIpc) is 2.42. The number of nitrogens with one attached hydrogen (secondary N) is 1.